The van der Waals surface area contributed by atoms with Crippen molar-refractivity contribution in [3.8, 4) is 5.75 Å². The molecule has 6 heteroatoms. The summed E-state index contributed by atoms with van der Waals surface area (Å²) in [5.41, 5.74) is 1.09. The number of methoxy groups -OCH3 is 1. The summed E-state index contributed by atoms with van der Waals surface area (Å²) in [6.07, 6.45) is 0.710. The van der Waals surface area contributed by atoms with E-state index in [1.54, 1.807) is 7.11 Å². The molecule has 0 aromatic heterocycles. The number of hydrogen-bond acceptors (Lipinski definition) is 5. The van der Waals surface area contributed by atoms with Crippen molar-refractivity contribution in [1.82, 2.24) is 0 Å². The minimum atomic E-state index is -0.567. The van der Waals surface area contributed by atoms with Crippen LogP contribution in [0.15, 0.2) is 24.3 Å². The second kappa shape index (κ2) is 8.43. The van der Waals surface area contributed by atoms with E-state index in [0.717, 1.165) is 22.2 Å². The molecular formula is C15H19IO5. The number of alkyl halides is 1. The summed E-state index contributed by atoms with van der Waals surface area (Å²) in [7, 11) is 1.64. The van der Waals surface area contributed by atoms with E-state index >= 15 is 0 Å². The second-order valence-corrected chi connectivity index (χ2v) is 5.69. The van der Waals surface area contributed by atoms with Crippen molar-refractivity contribution in [1.29, 1.82) is 0 Å². The number of ether oxygens (including phenoxy) is 4. The molecule has 1 heterocycles. The fourth-order valence-corrected chi connectivity index (χ4v) is 2.63. The van der Waals surface area contributed by atoms with Gasteiger partial charge < -0.3 is 18.9 Å². The Morgan fingerprint density at radius 2 is 1.95 bits per heavy atom. The quantitative estimate of drug-likeness (QED) is 0.301. The molecule has 1 aromatic rings. The maximum atomic E-state index is 11.3. The predicted molar refractivity (Wildman–Crippen MR) is 85.9 cm³/mol. The molecule has 1 aliphatic heterocycles. The zero-order chi connectivity index (χ0) is 15.1. The average molecular weight is 406 g/mol. The molecule has 2 rings (SSSR count). The van der Waals surface area contributed by atoms with Crippen LogP contribution in [-0.2, 0) is 20.8 Å². The molecule has 21 heavy (non-hydrogen) atoms. The molecule has 1 aliphatic rings. The third-order valence-electron chi connectivity index (χ3n) is 3.24. The molecule has 0 N–H and O–H groups in total. The van der Waals surface area contributed by atoms with Gasteiger partial charge in [0.1, 0.15) is 18.0 Å². The van der Waals surface area contributed by atoms with Gasteiger partial charge in [0.2, 0.25) is 0 Å². The van der Waals surface area contributed by atoms with Crippen LogP contribution in [0.25, 0.3) is 0 Å². The minimum absolute atomic E-state index is 0.0431. The first-order chi connectivity index (χ1) is 10.2. The Kier molecular flexibility index (Phi) is 6.56. The lowest BCUT2D eigenvalue weighted by Crippen LogP contribution is -2.35. The van der Waals surface area contributed by atoms with Crippen molar-refractivity contribution in [3.05, 3.63) is 29.8 Å². The van der Waals surface area contributed by atoms with Gasteiger partial charge in [0.15, 0.2) is 0 Å². The summed E-state index contributed by atoms with van der Waals surface area (Å²) >= 11 is 2.21. The van der Waals surface area contributed by atoms with Gasteiger partial charge in [-0.25, -0.2) is 4.79 Å². The second-order valence-electron chi connectivity index (χ2n) is 4.81. The number of carbonyl (C=O) groups is 1. The fourth-order valence-electron chi connectivity index (χ4n) is 2.09. The zero-order valence-corrected chi connectivity index (χ0v) is 14.1. The lowest BCUT2D eigenvalue weighted by atomic mass is 10.1. The number of carbonyl (C=O) groups excluding carboxylic acids is 1. The molecule has 5 nitrogen and oxygen atoms in total. The molecule has 0 radical (unpaired) electrons. The Labute approximate surface area is 138 Å². The third-order valence-corrected chi connectivity index (χ3v) is 4.22. The number of halogens is 1. The zero-order valence-electron chi connectivity index (χ0n) is 11.9. The van der Waals surface area contributed by atoms with Crippen molar-refractivity contribution in [2.24, 2.45) is 0 Å². The van der Waals surface area contributed by atoms with Gasteiger partial charge >= 0.3 is 6.16 Å². The SMILES string of the molecule is COc1ccc(COCC[C@H]2C[C@@H](CI)OC(=O)O2)cc1. The summed E-state index contributed by atoms with van der Waals surface area (Å²) in [4.78, 5) is 11.3. The van der Waals surface area contributed by atoms with Crippen molar-refractivity contribution in [2.45, 2.75) is 31.7 Å². The summed E-state index contributed by atoms with van der Waals surface area (Å²) in [5, 5.41) is 0. The normalized spacial score (nSPS) is 21.5. The van der Waals surface area contributed by atoms with E-state index in [0.29, 0.717) is 19.6 Å². The first-order valence-corrected chi connectivity index (χ1v) is 8.37. The van der Waals surface area contributed by atoms with Crippen molar-refractivity contribution in [3.63, 3.8) is 0 Å². The van der Waals surface area contributed by atoms with E-state index in [2.05, 4.69) is 22.6 Å². The van der Waals surface area contributed by atoms with E-state index in [1.807, 2.05) is 24.3 Å². The number of cyclic esters (lactones) is 2. The van der Waals surface area contributed by atoms with Gasteiger partial charge in [-0.3, -0.25) is 0 Å². The van der Waals surface area contributed by atoms with Crippen molar-refractivity contribution >= 4 is 28.7 Å². The highest BCUT2D eigenvalue weighted by Gasteiger charge is 2.28. The molecule has 2 atom stereocenters. The monoisotopic (exact) mass is 406 g/mol. The Balaban J connectivity index is 1.67. The van der Waals surface area contributed by atoms with Gasteiger partial charge in [-0.1, -0.05) is 34.7 Å². The Morgan fingerprint density at radius 1 is 1.24 bits per heavy atom. The van der Waals surface area contributed by atoms with Crippen LogP contribution in [-0.4, -0.2) is 36.5 Å². The van der Waals surface area contributed by atoms with Gasteiger partial charge in [-0.15, -0.1) is 0 Å². The smallest absolute Gasteiger partial charge is 0.497 e. The molecule has 0 unspecified atom stereocenters. The van der Waals surface area contributed by atoms with Crippen LogP contribution in [0.5, 0.6) is 5.75 Å². The van der Waals surface area contributed by atoms with Crippen molar-refractivity contribution in [2.75, 3.05) is 18.1 Å². The lowest BCUT2D eigenvalue weighted by molar-refractivity contribution is -0.0608. The van der Waals surface area contributed by atoms with Gasteiger partial charge in [-0.2, -0.15) is 0 Å². The highest BCUT2D eigenvalue weighted by atomic mass is 127. The Hall–Kier alpha value is -1.02. The average Bonchev–Trinajstić information content (AvgIpc) is 2.51. The standard InChI is InChI=1S/C15H19IO5/c1-18-12-4-2-11(3-5-12)10-19-7-6-13-8-14(9-16)21-15(17)20-13/h2-5,13-14H,6-10H2,1H3/t13-,14-/m0/s1. The third kappa shape index (κ3) is 5.35. The maximum Gasteiger partial charge on any atom is 0.508 e. The van der Waals surface area contributed by atoms with Crippen LogP contribution in [0, 0.1) is 0 Å². The van der Waals surface area contributed by atoms with Crippen LogP contribution in [0.2, 0.25) is 0 Å². The van der Waals surface area contributed by atoms with Gasteiger partial charge in [0.05, 0.1) is 20.3 Å². The first kappa shape index (κ1) is 16.4. The predicted octanol–water partition coefficient (Wildman–Crippen LogP) is 3.33. The maximum absolute atomic E-state index is 11.3. The largest absolute Gasteiger partial charge is 0.508 e. The number of benzene rings is 1. The van der Waals surface area contributed by atoms with E-state index in [-0.39, 0.29) is 12.2 Å². The topological polar surface area (TPSA) is 54.0 Å². The van der Waals surface area contributed by atoms with Crippen LogP contribution < -0.4 is 4.74 Å². The summed E-state index contributed by atoms with van der Waals surface area (Å²) in [6.45, 7) is 1.09. The molecule has 116 valence electrons. The molecule has 0 bridgehead atoms. The van der Waals surface area contributed by atoms with Gasteiger partial charge in [0, 0.05) is 17.3 Å². The van der Waals surface area contributed by atoms with Gasteiger partial charge in [0.25, 0.3) is 0 Å². The first-order valence-electron chi connectivity index (χ1n) is 6.85. The number of hydrogen-bond donors (Lipinski definition) is 0. The van der Waals surface area contributed by atoms with E-state index in [1.165, 1.54) is 0 Å². The molecule has 1 saturated heterocycles. The van der Waals surface area contributed by atoms with Crippen LogP contribution in [0.3, 0.4) is 0 Å². The summed E-state index contributed by atoms with van der Waals surface area (Å²) in [5.74, 6) is 0.831. The van der Waals surface area contributed by atoms with Crippen molar-refractivity contribution < 1.29 is 23.7 Å². The molecular weight excluding hydrogens is 387 g/mol. The Bertz CT molecular complexity index is 448. The molecule has 1 aromatic carbocycles. The van der Waals surface area contributed by atoms with E-state index in [4.69, 9.17) is 18.9 Å². The molecule has 0 amide bonds. The molecule has 0 saturated carbocycles. The summed E-state index contributed by atoms with van der Waals surface area (Å²) < 4.78 is 21.7. The lowest BCUT2D eigenvalue weighted by Gasteiger charge is -2.27. The van der Waals surface area contributed by atoms with Crippen LogP contribution in [0.4, 0.5) is 4.79 Å². The van der Waals surface area contributed by atoms with E-state index in [9.17, 15) is 4.79 Å². The van der Waals surface area contributed by atoms with Crippen LogP contribution >= 0.6 is 22.6 Å². The highest BCUT2D eigenvalue weighted by Crippen LogP contribution is 2.19. The molecule has 0 spiro atoms. The Morgan fingerprint density at radius 3 is 2.62 bits per heavy atom. The fraction of sp³-hybridized carbons (Fsp3) is 0.533. The molecule has 0 aliphatic carbocycles. The summed E-state index contributed by atoms with van der Waals surface area (Å²) in [6, 6.07) is 7.76. The van der Waals surface area contributed by atoms with E-state index < -0.39 is 6.16 Å². The molecule has 1 fully saturated rings. The van der Waals surface area contributed by atoms with Gasteiger partial charge in [-0.05, 0) is 17.7 Å². The van der Waals surface area contributed by atoms with Crippen LogP contribution in [0.1, 0.15) is 18.4 Å². The highest BCUT2D eigenvalue weighted by molar-refractivity contribution is 14.1. The minimum Gasteiger partial charge on any atom is -0.497 e. The number of rotatable bonds is 7.